The smallest absolute Gasteiger partial charge is 0.163 e. The first-order valence-corrected chi connectivity index (χ1v) is 7.51. The summed E-state index contributed by atoms with van der Waals surface area (Å²) < 4.78 is 14.9. The molecule has 0 radical (unpaired) electrons. The fraction of sp³-hybridized carbons (Fsp3) is 0.353. The average Bonchev–Trinajstić information content (AvgIpc) is 2.93. The van der Waals surface area contributed by atoms with Crippen molar-refractivity contribution in [3.05, 3.63) is 48.2 Å². The van der Waals surface area contributed by atoms with Gasteiger partial charge in [0.15, 0.2) is 5.65 Å². The zero-order valence-corrected chi connectivity index (χ0v) is 13.8. The summed E-state index contributed by atoms with van der Waals surface area (Å²) in [6, 6.07) is 6.50. The largest absolute Gasteiger partial charge is 0.355 e. The monoisotopic (exact) mass is 313 g/mol. The van der Waals surface area contributed by atoms with Crippen LogP contribution in [-0.2, 0) is 12.1 Å². The van der Waals surface area contributed by atoms with Gasteiger partial charge in [-0.15, -0.1) is 0 Å². The third-order valence-electron chi connectivity index (χ3n) is 3.67. The van der Waals surface area contributed by atoms with Crippen LogP contribution in [0.2, 0.25) is 0 Å². The molecule has 3 aromatic rings. The molecule has 6 heteroatoms. The highest BCUT2D eigenvalue weighted by molar-refractivity contribution is 5.86. The van der Waals surface area contributed by atoms with Crippen molar-refractivity contribution < 1.29 is 4.39 Å². The normalized spacial score (nSPS) is 11.9. The summed E-state index contributed by atoms with van der Waals surface area (Å²) in [5.41, 5.74) is 1.68. The molecule has 2 aromatic heterocycles. The van der Waals surface area contributed by atoms with Crippen LogP contribution in [-0.4, -0.2) is 26.8 Å². The Kier molecular flexibility index (Phi) is 3.75. The van der Waals surface area contributed by atoms with E-state index in [0.29, 0.717) is 6.54 Å². The van der Waals surface area contributed by atoms with E-state index in [1.807, 2.05) is 16.6 Å². The van der Waals surface area contributed by atoms with Gasteiger partial charge in [0.25, 0.3) is 0 Å². The van der Waals surface area contributed by atoms with E-state index in [-0.39, 0.29) is 11.4 Å². The van der Waals surface area contributed by atoms with Gasteiger partial charge in [0, 0.05) is 13.6 Å². The van der Waals surface area contributed by atoms with Crippen molar-refractivity contribution in [2.75, 3.05) is 11.9 Å². The van der Waals surface area contributed by atoms with Gasteiger partial charge in [0.05, 0.1) is 17.1 Å². The molecule has 23 heavy (non-hydrogen) atoms. The Bertz CT molecular complexity index is 817. The van der Waals surface area contributed by atoms with Gasteiger partial charge < -0.3 is 4.90 Å². The minimum Gasteiger partial charge on any atom is -0.355 e. The maximum Gasteiger partial charge on any atom is 0.163 e. The number of benzene rings is 1. The van der Waals surface area contributed by atoms with Gasteiger partial charge in [-0.05, 0) is 38.5 Å². The van der Waals surface area contributed by atoms with Gasteiger partial charge in [-0.2, -0.15) is 5.10 Å². The molecule has 0 bridgehead atoms. The van der Waals surface area contributed by atoms with Crippen molar-refractivity contribution in [1.29, 1.82) is 0 Å². The zero-order valence-electron chi connectivity index (χ0n) is 13.8. The van der Waals surface area contributed by atoms with Crippen LogP contribution in [0.4, 0.5) is 10.2 Å². The molecule has 0 aliphatic heterocycles. The Labute approximate surface area is 134 Å². The van der Waals surface area contributed by atoms with Crippen LogP contribution in [0.5, 0.6) is 0 Å². The van der Waals surface area contributed by atoms with Gasteiger partial charge in [0.1, 0.15) is 18.0 Å². The lowest BCUT2D eigenvalue weighted by molar-refractivity contribution is 0.366. The second kappa shape index (κ2) is 5.61. The summed E-state index contributed by atoms with van der Waals surface area (Å²) in [4.78, 5) is 10.8. The van der Waals surface area contributed by atoms with Crippen LogP contribution in [0, 0.1) is 5.82 Å². The molecular weight excluding hydrogens is 293 g/mol. The van der Waals surface area contributed by atoms with Gasteiger partial charge in [-0.3, -0.25) is 0 Å². The van der Waals surface area contributed by atoms with Crippen LogP contribution >= 0.6 is 0 Å². The summed E-state index contributed by atoms with van der Waals surface area (Å²) >= 11 is 0. The molecule has 3 rings (SSSR count). The summed E-state index contributed by atoms with van der Waals surface area (Å²) in [5.74, 6) is 0.585. The number of aromatic nitrogens is 4. The number of rotatable bonds is 3. The lowest BCUT2D eigenvalue weighted by Crippen LogP contribution is -2.23. The lowest BCUT2D eigenvalue weighted by atomic mass is 10.1. The summed E-state index contributed by atoms with van der Waals surface area (Å²) in [6.45, 7) is 6.89. The quantitative estimate of drug-likeness (QED) is 0.744. The van der Waals surface area contributed by atoms with Gasteiger partial charge in [0.2, 0.25) is 0 Å². The molecule has 1 aromatic carbocycles. The number of halogens is 1. The molecule has 0 spiro atoms. The van der Waals surface area contributed by atoms with E-state index in [2.05, 4.69) is 35.8 Å². The fourth-order valence-electron chi connectivity index (χ4n) is 2.57. The maximum absolute atomic E-state index is 13.0. The Balaban J connectivity index is 1.96. The molecule has 2 heterocycles. The standard InChI is InChI=1S/C17H20FN5/c1-17(2,3)23-16-14(9-21-23)15(19-11-20-16)22(4)10-12-5-7-13(18)8-6-12/h5-9,11H,10H2,1-4H3. The van der Waals surface area contributed by atoms with E-state index < -0.39 is 0 Å². The first-order valence-electron chi connectivity index (χ1n) is 7.51. The fourth-order valence-corrected chi connectivity index (χ4v) is 2.57. The molecule has 0 aliphatic carbocycles. The molecular formula is C17H20FN5. The minimum atomic E-state index is -0.229. The van der Waals surface area contributed by atoms with Gasteiger partial charge in [-0.1, -0.05) is 12.1 Å². The van der Waals surface area contributed by atoms with Crippen LogP contribution in [0.25, 0.3) is 11.0 Å². The lowest BCUT2D eigenvalue weighted by Gasteiger charge is -2.21. The summed E-state index contributed by atoms with van der Waals surface area (Å²) in [5, 5.41) is 5.38. The molecule has 0 saturated heterocycles. The van der Waals surface area contributed by atoms with E-state index in [1.54, 1.807) is 24.7 Å². The summed E-state index contributed by atoms with van der Waals surface area (Å²) in [7, 11) is 1.96. The van der Waals surface area contributed by atoms with Crippen LogP contribution in [0.1, 0.15) is 26.3 Å². The van der Waals surface area contributed by atoms with Crippen molar-refractivity contribution >= 4 is 16.9 Å². The molecule has 0 amide bonds. The third kappa shape index (κ3) is 3.02. The van der Waals surface area contributed by atoms with Crippen LogP contribution < -0.4 is 4.90 Å². The first kappa shape index (κ1) is 15.4. The second-order valence-corrected chi connectivity index (χ2v) is 6.64. The Morgan fingerprint density at radius 3 is 2.48 bits per heavy atom. The predicted molar refractivity (Wildman–Crippen MR) is 88.8 cm³/mol. The van der Waals surface area contributed by atoms with E-state index in [1.165, 1.54) is 12.1 Å². The van der Waals surface area contributed by atoms with Gasteiger partial charge >= 0.3 is 0 Å². The topological polar surface area (TPSA) is 46.8 Å². The van der Waals surface area contributed by atoms with E-state index in [4.69, 9.17) is 0 Å². The number of fused-ring (bicyclic) bond motifs is 1. The number of hydrogen-bond donors (Lipinski definition) is 0. The van der Waals surface area contributed by atoms with Gasteiger partial charge in [-0.25, -0.2) is 19.0 Å². The second-order valence-electron chi connectivity index (χ2n) is 6.64. The average molecular weight is 313 g/mol. The Hall–Kier alpha value is -2.50. The number of hydrogen-bond acceptors (Lipinski definition) is 4. The molecule has 0 N–H and O–H groups in total. The number of nitrogens with zero attached hydrogens (tertiary/aromatic N) is 5. The van der Waals surface area contributed by atoms with E-state index in [0.717, 1.165) is 22.4 Å². The zero-order chi connectivity index (χ0) is 16.6. The predicted octanol–water partition coefficient (Wildman–Crippen LogP) is 3.36. The minimum absolute atomic E-state index is 0.150. The molecule has 0 atom stereocenters. The molecule has 0 fully saturated rings. The van der Waals surface area contributed by atoms with Crippen LogP contribution in [0.15, 0.2) is 36.8 Å². The molecule has 0 unspecified atom stereocenters. The Morgan fingerprint density at radius 2 is 1.83 bits per heavy atom. The van der Waals surface area contributed by atoms with Crippen LogP contribution in [0.3, 0.4) is 0 Å². The third-order valence-corrected chi connectivity index (χ3v) is 3.67. The van der Waals surface area contributed by atoms with Crippen molar-refractivity contribution in [2.24, 2.45) is 0 Å². The highest BCUT2D eigenvalue weighted by Gasteiger charge is 2.20. The first-order chi connectivity index (χ1) is 10.9. The van der Waals surface area contributed by atoms with E-state index in [9.17, 15) is 4.39 Å². The SMILES string of the molecule is CN(Cc1ccc(F)cc1)c1ncnc2c1cnn2C(C)(C)C. The van der Waals surface area contributed by atoms with Crippen molar-refractivity contribution in [2.45, 2.75) is 32.9 Å². The maximum atomic E-state index is 13.0. The molecule has 0 aliphatic rings. The number of anilines is 1. The Morgan fingerprint density at radius 1 is 1.13 bits per heavy atom. The van der Waals surface area contributed by atoms with Crippen molar-refractivity contribution in [3.8, 4) is 0 Å². The van der Waals surface area contributed by atoms with E-state index >= 15 is 0 Å². The van der Waals surface area contributed by atoms with Crippen molar-refractivity contribution in [3.63, 3.8) is 0 Å². The molecule has 120 valence electrons. The summed E-state index contributed by atoms with van der Waals surface area (Å²) in [6.07, 6.45) is 3.36. The highest BCUT2D eigenvalue weighted by atomic mass is 19.1. The highest BCUT2D eigenvalue weighted by Crippen LogP contribution is 2.26. The van der Waals surface area contributed by atoms with Crippen molar-refractivity contribution in [1.82, 2.24) is 19.7 Å². The molecule has 0 saturated carbocycles. The molecule has 5 nitrogen and oxygen atoms in total.